The fourth-order valence-corrected chi connectivity index (χ4v) is 9.72. The molecule has 60 heavy (non-hydrogen) atoms. The monoisotopic (exact) mass is 837 g/mol. The Morgan fingerprint density at radius 1 is 0.983 bits per heavy atom. The molecule has 4 heterocycles. The second-order valence-electron chi connectivity index (χ2n) is 17.5. The number of hydrogen-bond donors (Lipinski definition) is 1. The van der Waals surface area contributed by atoms with E-state index in [1.54, 1.807) is 38.1 Å². The summed E-state index contributed by atoms with van der Waals surface area (Å²) in [5.74, 6) is -4.37. The van der Waals surface area contributed by atoms with Crippen molar-refractivity contribution in [2.24, 2.45) is 23.7 Å². The second kappa shape index (κ2) is 19.8. The van der Waals surface area contributed by atoms with Gasteiger partial charge in [0.25, 0.3) is 0 Å². The van der Waals surface area contributed by atoms with Crippen molar-refractivity contribution in [1.82, 2.24) is 14.8 Å². The Kier molecular flexibility index (Phi) is 15.6. The zero-order valence-corrected chi connectivity index (χ0v) is 37.3. The lowest BCUT2D eigenvalue weighted by atomic mass is 9.72. The number of esters is 1. The maximum atomic E-state index is 14.8. The Hall–Kier alpha value is -3.95. The topological polar surface area (TPSA) is 163 Å². The van der Waals surface area contributed by atoms with Crippen LogP contribution in [0.1, 0.15) is 87.5 Å². The minimum absolute atomic E-state index is 0.118. The highest BCUT2D eigenvalue weighted by Gasteiger charge is 2.62. The van der Waals surface area contributed by atoms with Gasteiger partial charge in [0.2, 0.25) is 0 Å². The van der Waals surface area contributed by atoms with Crippen molar-refractivity contribution >= 4 is 23.6 Å². The van der Waals surface area contributed by atoms with Gasteiger partial charge >= 0.3 is 12.1 Å². The zero-order valence-electron chi connectivity index (χ0n) is 37.3. The molecule has 1 N–H and O–H groups in total. The number of likely N-dealkylation sites (N-methyl/N-ethyl adjacent to an activating group) is 1. The minimum Gasteiger partial charge on any atom is -0.494 e. The average Bonchev–Trinajstić information content (AvgIpc) is 3.53. The van der Waals surface area contributed by atoms with Gasteiger partial charge in [0.15, 0.2) is 17.7 Å². The van der Waals surface area contributed by atoms with E-state index < -0.39 is 83.4 Å². The van der Waals surface area contributed by atoms with Crippen LogP contribution in [0, 0.1) is 23.7 Å². The molecule has 1 aromatic carbocycles. The molecule has 3 aliphatic heterocycles. The van der Waals surface area contributed by atoms with E-state index in [0.29, 0.717) is 18.6 Å². The quantitative estimate of drug-likeness (QED) is 0.148. The van der Waals surface area contributed by atoms with E-state index in [4.69, 9.17) is 28.4 Å². The molecule has 0 aliphatic carbocycles. The molecule has 2 aromatic rings. The molecule has 3 saturated heterocycles. The Labute approximate surface area is 355 Å². The van der Waals surface area contributed by atoms with Crippen LogP contribution < -0.4 is 4.74 Å². The van der Waals surface area contributed by atoms with E-state index in [9.17, 15) is 24.3 Å². The number of carbonyl (C=O) groups is 4. The lowest BCUT2D eigenvalue weighted by Crippen LogP contribution is -2.61. The Morgan fingerprint density at radius 3 is 2.33 bits per heavy atom. The molecule has 1 unspecified atom stereocenters. The number of pyridine rings is 1. The smallest absolute Gasteiger partial charge is 0.410 e. The maximum absolute atomic E-state index is 14.8. The van der Waals surface area contributed by atoms with Gasteiger partial charge in [-0.15, -0.1) is 0 Å². The number of aliphatic hydroxyl groups is 1. The molecule has 13 atom stereocenters. The number of carbonyl (C=O) groups excluding carboxylic acids is 4. The van der Waals surface area contributed by atoms with Crippen LogP contribution in [-0.4, -0.2) is 132 Å². The summed E-state index contributed by atoms with van der Waals surface area (Å²) in [6.07, 6.45) is 0.0293. The first-order valence-corrected chi connectivity index (χ1v) is 21.5. The maximum Gasteiger partial charge on any atom is 0.410 e. The normalized spacial score (nSPS) is 35.8. The second-order valence-corrected chi connectivity index (χ2v) is 17.5. The molecular formula is C46H67N3O11. The highest BCUT2D eigenvalue weighted by atomic mass is 16.7. The molecular weight excluding hydrogens is 771 g/mol. The number of fused-ring (bicyclic) bond motifs is 1. The van der Waals surface area contributed by atoms with E-state index in [1.165, 1.54) is 14.0 Å². The van der Waals surface area contributed by atoms with E-state index in [1.807, 2.05) is 83.1 Å². The lowest BCUT2D eigenvalue weighted by Gasteiger charge is -2.47. The van der Waals surface area contributed by atoms with Gasteiger partial charge in [0, 0.05) is 55.4 Å². The molecule has 1 aromatic heterocycles. The Morgan fingerprint density at radius 2 is 1.70 bits per heavy atom. The SMILES string of the molecule is CC[C@H]1OC(=O)[C@H](C)C(=O)[C@H](C)[C@@H](OC2O[C@H](C)C[C@H](N(C)C)[C@H]2O)[C@@](C)(OC)C[C@@H](C)C(=O)[C@H](C)[C@H]2N(CCCOc3cccc(-c4cccnc4)c3)C(=O)O[C@]12CC. The highest BCUT2D eigenvalue weighted by molar-refractivity contribution is 6.00. The number of aromatic nitrogens is 1. The number of Topliss-reactive ketones (excluding diaryl/α,β-unsaturated/α-hetero) is 2. The number of methoxy groups -OCH3 is 1. The standard InChI is InChI=1S/C46H67N3O11/c1-12-36-46(13-2)40(49(44(54)60-46)21-16-22-56-34-19-14-17-32(24-34)33-18-15-20-47-26-33)29(5)37(50)27(3)25-45(8,55-11)41(30(6)38(51)31(7)42(53)58-36)59-43-39(52)35(48(9)10)23-28(4)57-43/h14-15,17-20,24,26-31,35-36,39-41,43,52H,12-13,16,21-23,25H2,1-11H3/t27-,28-,29+,30+,31-,35+,36-,39-,40-,41-,43?,45+,46-/m1/s1. The van der Waals surface area contributed by atoms with Crippen LogP contribution in [0.3, 0.4) is 0 Å². The summed E-state index contributed by atoms with van der Waals surface area (Å²) in [7, 11) is 5.24. The van der Waals surface area contributed by atoms with Crippen molar-refractivity contribution in [2.75, 3.05) is 34.4 Å². The Balaban J connectivity index is 1.46. The average molecular weight is 838 g/mol. The van der Waals surface area contributed by atoms with E-state index in [-0.39, 0.29) is 50.3 Å². The van der Waals surface area contributed by atoms with Crippen molar-refractivity contribution in [2.45, 2.75) is 141 Å². The number of rotatable bonds is 12. The summed E-state index contributed by atoms with van der Waals surface area (Å²) in [6.45, 7) is 14.6. The van der Waals surface area contributed by atoms with Gasteiger partial charge in [-0.1, -0.05) is 52.8 Å². The van der Waals surface area contributed by atoms with Crippen LogP contribution in [-0.2, 0) is 38.1 Å². The first-order chi connectivity index (χ1) is 28.4. The minimum atomic E-state index is -1.39. The summed E-state index contributed by atoms with van der Waals surface area (Å²) >= 11 is 0. The van der Waals surface area contributed by atoms with E-state index in [0.717, 1.165) is 11.1 Å². The Bertz CT molecular complexity index is 1800. The van der Waals surface area contributed by atoms with Crippen LogP contribution in [0.5, 0.6) is 5.75 Å². The predicted molar refractivity (Wildman–Crippen MR) is 224 cm³/mol. The van der Waals surface area contributed by atoms with Gasteiger partial charge in [0.05, 0.1) is 30.5 Å². The van der Waals surface area contributed by atoms with Crippen molar-refractivity contribution < 1.29 is 52.7 Å². The van der Waals surface area contributed by atoms with Gasteiger partial charge in [0.1, 0.15) is 29.7 Å². The molecule has 14 nitrogen and oxygen atoms in total. The van der Waals surface area contributed by atoms with Crippen LogP contribution in [0.15, 0.2) is 48.8 Å². The zero-order chi connectivity index (χ0) is 44.1. The molecule has 332 valence electrons. The number of nitrogens with zero attached hydrogens (tertiary/aromatic N) is 3. The van der Waals surface area contributed by atoms with Gasteiger partial charge in [-0.05, 0) is 90.7 Å². The molecule has 0 saturated carbocycles. The predicted octanol–water partition coefficient (Wildman–Crippen LogP) is 6.11. The fourth-order valence-electron chi connectivity index (χ4n) is 9.72. The highest BCUT2D eigenvalue weighted by Crippen LogP contribution is 2.45. The molecule has 1 amide bonds. The summed E-state index contributed by atoms with van der Waals surface area (Å²) in [5, 5.41) is 11.5. The summed E-state index contributed by atoms with van der Waals surface area (Å²) in [4.78, 5) is 65.1. The van der Waals surface area contributed by atoms with Gasteiger partial charge < -0.3 is 43.3 Å². The van der Waals surface area contributed by atoms with E-state index in [2.05, 4.69) is 4.98 Å². The summed E-state index contributed by atoms with van der Waals surface area (Å²) in [5.41, 5.74) is -0.759. The van der Waals surface area contributed by atoms with Gasteiger partial charge in [-0.2, -0.15) is 0 Å². The summed E-state index contributed by atoms with van der Waals surface area (Å²) < 4.78 is 37.6. The number of benzene rings is 1. The van der Waals surface area contributed by atoms with Crippen molar-refractivity contribution in [1.29, 1.82) is 0 Å². The first-order valence-electron chi connectivity index (χ1n) is 21.5. The largest absolute Gasteiger partial charge is 0.494 e. The van der Waals surface area contributed by atoms with Crippen LogP contribution in [0.2, 0.25) is 0 Å². The lowest BCUT2D eigenvalue weighted by molar-refractivity contribution is -0.295. The number of ketones is 2. The third-order valence-electron chi connectivity index (χ3n) is 13.1. The fraction of sp³-hybridized carbons (Fsp3) is 0.674. The first kappa shape index (κ1) is 47.1. The van der Waals surface area contributed by atoms with Crippen molar-refractivity contribution in [3.05, 3.63) is 48.8 Å². The number of hydrogen-bond acceptors (Lipinski definition) is 13. The number of aliphatic hydroxyl groups excluding tert-OH is 1. The molecule has 0 bridgehead atoms. The van der Waals surface area contributed by atoms with Crippen LogP contribution >= 0.6 is 0 Å². The van der Waals surface area contributed by atoms with Crippen LogP contribution in [0.4, 0.5) is 4.79 Å². The molecule has 0 radical (unpaired) electrons. The van der Waals surface area contributed by atoms with Crippen LogP contribution in [0.25, 0.3) is 11.1 Å². The molecule has 3 aliphatic rings. The van der Waals surface area contributed by atoms with Crippen molar-refractivity contribution in [3.63, 3.8) is 0 Å². The molecule has 0 spiro atoms. The third kappa shape index (κ3) is 9.73. The third-order valence-corrected chi connectivity index (χ3v) is 13.1. The number of amides is 1. The van der Waals surface area contributed by atoms with E-state index >= 15 is 0 Å². The van der Waals surface area contributed by atoms with Gasteiger partial charge in [-0.3, -0.25) is 19.4 Å². The molecule has 14 heteroatoms. The van der Waals surface area contributed by atoms with Crippen molar-refractivity contribution in [3.8, 4) is 16.9 Å². The molecule has 5 rings (SSSR count). The number of ether oxygens (including phenoxy) is 6. The molecule has 3 fully saturated rings. The number of cyclic esters (lactones) is 1. The van der Waals surface area contributed by atoms with Gasteiger partial charge in [-0.25, -0.2) is 4.79 Å². The summed E-state index contributed by atoms with van der Waals surface area (Å²) in [6, 6.07) is 10.4.